The summed E-state index contributed by atoms with van der Waals surface area (Å²) in [5.41, 5.74) is 6.25. The summed E-state index contributed by atoms with van der Waals surface area (Å²) in [6.07, 6.45) is 1.86. The van der Waals surface area contributed by atoms with Crippen LogP contribution in [0.5, 0.6) is 5.75 Å². The molecular formula is C25H35N5O5. The van der Waals surface area contributed by atoms with Crippen LogP contribution >= 0.6 is 0 Å². The molecule has 1 aliphatic heterocycles. The topological polar surface area (TPSA) is 155 Å². The first-order valence-electron chi connectivity index (χ1n) is 11.8. The first-order chi connectivity index (χ1) is 16.5. The molecule has 0 spiro atoms. The van der Waals surface area contributed by atoms with Crippen LogP contribution in [0.4, 0.5) is 0 Å². The van der Waals surface area contributed by atoms with Crippen molar-refractivity contribution >= 4 is 34.5 Å². The van der Waals surface area contributed by atoms with Gasteiger partial charge in [-0.3, -0.25) is 19.2 Å². The highest BCUT2D eigenvalue weighted by Gasteiger charge is 2.33. The third-order valence-electron chi connectivity index (χ3n) is 6.11. The van der Waals surface area contributed by atoms with Gasteiger partial charge in [-0.2, -0.15) is 0 Å². The van der Waals surface area contributed by atoms with Gasteiger partial charge in [0.25, 0.3) is 5.91 Å². The molecule has 6 N–H and O–H groups in total. The molecule has 35 heavy (non-hydrogen) atoms. The van der Waals surface area contributed by atoms with Gasteiger partial charge in [0.1, 0.15) is 23.5 Å². The van der Waals surface area contributed by atoms with Crippen LogP contribution in [-0.2, 0) is 14.4 Å². The van der Waals surface area contributed by atoms with Crippen LogP contribution in [-0.4, -0.2) is 54.4 Å². The number of aromatic amines is 1. The van der Waals surface area contributed by atoms with E-state index in [0.717, 1.165) is 17.3 Å². The van der Waals surface area contributed by atoms with Gasteiger partial charge in [-0.25, -0.2) is 0 Å². The fourth-order valence-corrected chi connectivity index (χ4v) is 4.35. The van der Waals surface area contributed by atoms with E-state index < -0.39 is 35.7 Å². The van der Waals surface area contributed by atoms with E-state index in [4.69, 9.17) is 10.5 Å². The zero-order valence-electron chi connectivity index (χ0n) is 20.7. The van der Waals surface area contributed by atoms with Gasteiger partial charge >= 0.3 is 0 Å². The van der Waals surface area contributed by atoms with E-state index >= 15 is 0 Å². The molecule has 0 aliphatic carbocycles. The number of benzene rings is 1. The van der Waals surface area contributed by atoms with E-state index in [1.54, 1.807) is 19.2 Å². The van der Waals surface area contributed by atoms with E-state index in [2.05, 4.69) is 20.9 Å². The van der Waals surface area contributed by atoms with Crippen molar-refractivity contribution in [3.8, 4) is 5.75 Å². The number of nitrogens with two attached hydrogens (primary N) is 1. The lowest BCUT2D eigenvalue weighted by atomic mass is 9.87. The highest BCUT2D eigenvalue weighted by atomic mass is 16.5. The van der Waals surface area contributed by atoms with Gasteiger partial charge < -0.3 is 31.4 Å². The number of ether oxygens (including phenoxy) is 1. The minimum Gasteiger partial charge on any atom is -0.496 e. The maximum absolute atomic E-state index is 13.2. The number of amides is 4. The van der Waals surface area contributed by atoms with Crippen LogP contribution in [0, 0.1) is 11.3 Å². The largest absolute Gasteiger partial charge is 0.496 e. The standard InChI is InChI=1S/C25H35N5O5/c1-25(2,3)13-19(24(34)29-17(21(26)31)11-14-7-6-10-27-22(14)32)30-23(33)18-12-15-16(28-18)8-5-9-20(15)35-4/h5,8-9,12,14,17,19,28H,6-7,10-11,13H2,1-4H3,(H2,26,31)(H,27,32)(H,29,34)(H,30,33)/t14-,17?,19?/m0/s1. The molecule has 10 heteroatoms. The SMILES string of the molecule is COc1cccc2[nH]c(C(=O)NC(CC(C)(C)C)C(=O)NC(C[C@@H]3CCCNC3=O)C(N)=O)cc12. The summed E-state index contributed by atoms with van der Waals surface area (Å²) in [5, 5.41) is 8.98. The number of methoxy groups -OCH3 is 1. The third-order valence-corrected chi connectivity index (χ3v) is 6.11. The van der Waals surface area contributed by atoms with Gasteiger partial charge in [0.05, 0.1) is 7.11 Å². The number of hydrogen-bond donors (Lipinski definition) is 5. The second kappa shape index (κ2) is 10.8. The first-order valence-corrected chi connectivity index (χ1v) is 11.8. The number of primary amides is 1. The second-order valence-electron chi connectivity index (χ2n) is 10.2. The highest BCUT2D eigenvalue weighted by Crippen LogP contribution is 2.27. The Bertz CT molecular complexity index is 1100. The molecule has 2 heterocycles. The summed E-state index contributed by atoms with van der Waals surface area (Å²) in [4.78, 5) is 53.6. The van der Waals surface area contributed by atoms with E-state index in [1.165, 1.54) is 0 Å². The first kappa shape index (κ1) is 26.1. The summed E-state index contributed by atoms with van der Waals surface area (Å²) < 4.78 is 5.35. The monoisotopic (exact) mass is 485 g/mol. The number of rotatable bonds is 9. The van der Waals surface area contributed by atoms with Gasteiger partial charge in [-0.05, 0) is 49.3 Å². The number of hydrogen-bond acceptors (Lipinski definition) is 5. The third kappa shape index (κ3) is 6.74. The maximum Gasteiger partial charge on any atom is 0.268 e. The molecule has 1 aromatic carbocycles. The van der Waals surface area contributed by atoms with Crippen molar-refractivity contribution in [3.63, 3.8) is 0 Å². The second-order valence-corrected chi connectivity index (χ2v) is 10.2. The van der Waals surface area contributed by atoms with E-state index in [9.17, 15) is 19.2 Å². The Kier molecular flexibility index (Phi) is 8.03. The van der Waals surface area contributed by atoms with Crippen molar-refractivity contribution in [3.05, 3.63) is 30.0 Å². The zero-order valence-corrected chi connectivity index (χ0v) is 20.7. The van der Waals surface area contributed by atoms with Gasteiger partial charge in [0.2, 0.25) is 17.7 Å². The number of carbonyl (C=O) groups is 4. The smallest absolute Gasteiger partial charge is 0.268 e. The van der Waals surface area contributed by atoms with Crippen molar-refractivity contribution in [2.24, 2.45) is 17.1 Å². The van der Waals surface area contributed by atoms with Gasteiger partial charge in [0.15, 0.2) is 0 Å². The maximum atomic E-state index is 13.2. The molecule has 1 saturated heterocycles. The fraction of sp³-hybridized carbons (Fsp3) is 0.520. The molecule has 0 bridgehead atoms. The molecule has 4 amide bonds. The number of piperidine rings is 1. The molecule has 190 valence electrons. The average molecular weight is 486 g/mol. The van der Waals surface area contributed by atoms with Crippen LogP contribution < -0.4 is 26.4 Å². The molecule has 3 atom stereocenters. The summed E-state index contributed by atoms with van der Waals surface area (Å²) in [6.45, 7) is 6.45. The number of nitrogens with one attached hydrogen (secondary N) is 4. The zero-order chi connectivity index (χ0) is 25.8. The Labute approximate surface area is 204 Å². The Hall–Kier alpha value is -3.56. The van der Waals surface area contributed by atoms with Gasteiger partial charge in [-0.1, -0.05) is 26.8 Å². The lowest BCUT2D eigenvalue weighted by molar-refractivity contribution is -0.131. The summed E-state index contributed by atoms with van der Waals surface area (Å²) in [5.74, 6) is -1.64. The average Bonchev–Trinajstić information content (AvgIpc) is 3.23. The normalized spacial score (nSPS) is 17.8. The molecular weight excluding hydrogens is 450 g/mol. The lowest BCUT2D eigenvalue weighted by Gasteiger charge is -2.29. The minimum absolute atomic E-state index is 0.116. The van der Waals surface area contributed by atoms with E-state index in [1.807, 2.05) is 32.9 Å². The van der Waals surface area contributed by atoms with Crippen LogP contribution in [0.1, 0.15) is 56.9 Å². The number of H-pyrrole nitrogens is 1. The molecule has 2 unspecified atom stereocenters. The Morgan fingerprint density at radius 1 is 1.20 bits per heavy atom. The van der Waals surface area contributed by atoms with E-state index in [-0.39, 0.29) is 23.4 Å². The number of aromatic nitrogens is 1. The van der Waals surface area contributed by atoms with Crippen molar-refractivity contribution in [2.75, 3.05) is 13.7 Å². The molecule has 1 aliphatic rings. The van der Waals surface area contributed by atoms with Crippen LogP contribution in [0.2, 0.25) is 0 Å². The van der Waals surface area contributed by atoms with Crippen LogP contribution in [0.25, 0.3) is 10.9 Å². The quantitative estimate of drug-likeness (QED) is 0.365. The van der Waals surface area contributed by atoms with Crippen LogP contribution in [0.15, 0.2) is 24.3 Å². The van der Waals surface area contributed by atoms with Crippen molar-refractivity contribution in [2.45, 2.75) is 58.5 Å². The predicted molar refractivity (Wildman–Crippen MR) is 132 cm³/mol. The van der Waals surface area contributed by atoms with Gasteiger partial charge in [-0.15, -0.1) is 0 Å². The Morgan fingerprint density at radius 2 is 1.94 bits per heavy atom. The molecule has 1 aromatic heterocycles. The fourth-order valence-electron chi connectivity index (χ4n) is 4.35. The Balaban J connectivity index is 1.77. The highest BCUT2D eigenvalue weighted by molar-refractivity contribution is 6.01. The molecule has 3 rings (SSSR count). The van der Waals surface area contributed by atoms with Crippen LogP contribution in [0.3, 0.4) is 0 Å². The number of carbonyl (C=O) groups excluding carboxylic acids is 4. The molecule has 2 aromatic rings. The van der Waals surface area contributed by atoms with Crippen molar-refractivity contribution in [1.29, 1.82) is 0 Å². The van der Waals surface area contributed by atoms with Crippen molar-refractivity contribution in [1.82, 2.24) is 20.9 Å². The predicted octanol–water partition coefficient (Wildman–Crippen LogP) is 1.60. The van der Waals surface area contributed by atoms with Gasteiger partial charge in [0, 0.05) is 23.4 Å². The summed E-state index contributed by atoms with van der Waals surface area (Å²) in [7, 11) is 1.55. The van der Waals surface area contributed by atoms with Crippen molar-refractivity contribution < 1.29 is 23.9 Å². The lowest BCUT2D eigenvalue weighted by Crippen LogP contribution is -2.55. The summed E-state index contributed by atoms with van der Waals surface area (Å²) >= 11 is 0. The molecule has 0 radical (unpaired) electrons. The summed E-state index contributed by atoms with van der Waals surface area (Å²) in [6, 6.07) is 5.16. The molecule has 1 fully saturated rings. The molecule has 10 nitrogen and oxygen atoms in total. The molecule has 0 saturated carbocycles. The Morgan fingerprint density at radius 3 is 2.57 bits per heavy atom. The number of fused-ring (bicyclic) bond motifs is 1. The minimum atomic E-state index is -1.02. The van der Waals surface area contributed by atoms with E-state index in [0.29, 0.717) is 25.1 Å².